The summed E-state index contributed by atoms with van der Waals surface area (Å²) in [5.41, 5.74) is -0.639. The van der Waals surface area contributed by atoms with Gasteiger partial charge in [0.05, 0.1) is 0 Å². The van der Waals surface area contributed by atoms with Gasteiger partial charge in [0, 0.05) is 0 Å². The second kappa shape index (κ2) is 5.09. The Kier molecular flexibility index (Phi) is 4.30. The van der Waals surface area contributed by atoms with E-state index in [4.69, 9.17) is 16.3 Å². The Bertz CT molecular complexity index is 296. The van der Waals surface area contributed by atoms with Gasteiger partial charge in [-0.05, 0) is 0 Å². The van der Waals surface area contributed by atoms with Gasteiger partial charge in [-0.3, -0.25) is 0 Å². The maximum absolute atomic E-state index is 11.5. The number of rotatable bonds is 2. The Morgan fingerprint density at radius 2 is 2.13 bits per heavy atom. The monoisotopic (exact) mass is 291 g/mol. The quantitative estimate of drug-likeness (QED) is 0.444. The first-order valence-electron chi connectivity index (χ1n) is 4.65. The predicted molar refractivity (Wildman–Crippen MR) is 63.1 cm³/mol. The summed E-state index contributed by atoms with van der Waals surface area (Å²) in [7, 11) is 0. The van der Waals surface area contributed by atoms with Crippen LogP contribution in [-0.2, 0) is 4.74 Å². The van der Waals surface area contributed by atoms with Crippen LogP contribution in [0.4, 0.5) is 4.79 Å². The summed E-state index contributed by atoms with van der Waals surface area (Å²) in [4.78, 5) is 11.5. The molecular formula is C10H15AsClNO2. The number of halogens is 1. The minimum atomic E-state index is -1.00. The average Bonchev–Trinajstić information content (AvgIpc) is 2.05. The molecule has 0 aromatic carbocycles. The molecule has 1 heterocycles. The normalized spacial score (nSPS) is 21.3. The Labute approximate surface area is 102 Å². The summed E-state index contributed by atoms with van der Waals surface area (Å²) >= 11 is 5.00. The van der Waals surface area contributed by atoms with Gasteiger partial charge in [-0.15, -0.1) is 0 Å². The van der Waals surface area contributed by atoms with Gasteiger partial charge in [0.2, 0.25) is 0 Å². The second-order valence-electron chi connectivity index (χ2n) is 4.12. The molecule has 84 valence electrons. The number of allylic oxidation sites excluding steroid dienone is 2. The third kappa shape index (κ3) is 4.76. The minimum absolute atomic E-state index is 0.145. The van der Waals surface area contributed by atoms with E-state index in [1.54, 1.807) is 0 Å². The molecule has 0 radical (unpaired) electrons. The number of ether oxygens (including phenoxy) is 1. The van der Waals surface area contributed by atoms with Gasteiger partial charge in [0.15, 0.2) is 0 Å². The first kappa shape index (κ1) is 12.7. The number of nitrogens with zero attached hydrogens (tertiary/aromatic N) is 1. The fourth-order valence-corrected chi connectivity index (χ4v) is 3.34. The number of carbonyl (C=O) groups is 1. The molecular weight excluding hydrogens is 276 g/mol. The number of alkyl halides is 1. The van der Waals surface area contributed by atoms with Crippen LogP contribution in [0.3, 0.4) is 0 Å². The number of carbonyl (C=O) groups excluding carboxylic acids is 1. The molecule has 15 heavy (non-hydrogen) atoms. The molecule has 3 nitrogen and oxygen atoms in total. The van der Waals surface area contributed by atoms with Gasteiger partial charge in [-0.25, -0.2) is 0 Å². The second-order valence-corrected chi connectivity index (χ2v) is 6.98. The molecule has 0 fully saturated rings. The summed E-state index contributed by atoms with van der Waals surface area (Å²) in [6, 6.07) is 0. The van der Waals surface area contributed by atoms with Gasteiger partial charge >= 0.3 is 102 Å². The predicted octanol–water partition coefficient (Wildman–Crippen LogP) is 2.22. The van der Waals surface area contributed by atoms with Gasteiger partial charge in [-0.1, -0.05) is 0 Å². The van der Waals surface area contributed by atoms with Gasteiger partial charge in [-0.2, -0.15) is 0 Å². The average molecular weight is 292 g/mol. The van der Waals surface area contributed by atoms with Gasteiger partial charge < -0.3 is 0 Å². The summed E-state index contributed by atoms with van der Waals surface area (Å²) in [6.45, 7) is 5.59. The van der Waals surface area contributed by atoms with E-state index in [9.17, 15) is 4.79 Å². The first-order chi connectivity index (χ1) is 6.88. The topological polar surface area (TPSA) is 29.5 Å². The molecule has 0 aliphatic carbocycles. The van der Waals surface area contributed by atoms with Crippen molar-refractivity contribution < 1.29 is 9.53 Å². The van der Waals surface area contributed by atoms with Crippen molar-refractivity contribution in [3.8, 4) is 0 Å². The van der Waals surface area contributed by atoms with Crippen LogP contribution in [0.25, 0.3) is 0 Å². The fourth-order valence-electron chi connectivity index (χ4n) is 0.978. The molecule has 0 N–H and O–H groups in total. The molecule has 1 rings (SSSR count). The summed E-state index contributed by atoms with van der Waals surface area (Å²) in [5.74, 6) is 0. The Morgan fingerprint density at radius 3 is 2.67 bits per heavy atom. The SMILES string of the molecule is CC(C)(C)OC(=O)[AsH]N1C=CC=CC1Cl. The van der Waals surface area contributed by atoms with Crippen molar-refractivity contribution in [2.45, 2.75) is 31.9 Å². The van der Waals surface area contributed by atoms with Crippen LogP contribution in [0.15, 0.2) is 24.4 Å². The van der Waals surface area contributed by atoms with Crippen molar-refractivity contribution in [2.24, 2.45) is 0 Å². The molecule has 0 aromatic heterocycles. The first-order valence-corrected chi connectivity index (χ1v) is 7.08. The van der Waals surface area contributed by atoms with E-state index < -0.39 is 21.6 Å². The zero-order valence-corrected chi connectivity index (χ0v) is 11.9. The van der Waals surface area contributed by atoms with Gasteiger partial charge in [0.1, 0.15) is 0 Å². The molecule has 1 aliphatic heterocycles. The molecule has 0 bridgehead atoms. The van der Waals surface area contributed by atoms with Crippen LogP contribution in [0.1, 0.15) is 20.8 Å². The zero-order valence-electron chi connectivity index (χ0n) is 9.03. The van der Waals surface area contributed by atoms with E-state index in [1.807, 2.05) is 49.0 Å². The van der Waals surface area contributed by atoms with Crippen molar-refractivity contribution in [1.82, 2.24) is 3.82 Å². The molecule has 0 spiro atoms. The summed E-state index contributed by atoms with van der Waals surface area (Å²) in [5, 5.41) is 0. The van der Waals surface area contributed by atoms with Crippen LogP contribution in [0.5, 0.6) is 0 Å². The van der Waals surface area contributed by atoms with Crippen LogP contribution in [-0.4, -0.2) is 35.7 Å². The number of hydrogen-bond acceptors (Lipinski definition) is 3. The van der Waals surface area contributed by atoms with Gasteiger partial charge in [0.25, 0.3) is 0 Å². The Balaban J connectivity index is 2.45. The molecule has 2 unspecified atom stereocenters. The summed E-state index contributed by atoms with van der Waals surface area (Å²) < 4.78 is 6.94. The van der Waals surface area contributed by atoms with E-state index in [0.29, 0.717) is 0 Å². The third-order valence-corrected chi connectivity index (χ3v) is 4.25. The fraction of sp³-hybridized carbons (Fsp3) is 0.500. The van der Waals surface area contributed by atoms with Crippen molar-refractivity contribution in [1.29, 1.82) is 0 Å². The van der Waals surface area contributed by atoms with E-state index in [2.05, 4.69) is 0 Å². The maximum atomic E-state index is 11.5. The van der Waals surface area contributed by atoms with Crippen molar-refractivity contribution in [3.05, 3.63) is 24.4 Å². The van der Waals surface area contributed by atoms with E-state index in [-0.39, 0.29) is 10.3 Å². The third-order valence-electron chi connectivity index (χ3n) is 1.51. The van der Waals surface area contributed by atoms with Crippen LogP contribution >= 0.6 is 11.6 Å². The van der Waals surface area contributed by atoms with E-state index in [0.717, 1.165) is 0 Å². The molecule has 0 saturated heterocycles. The van der Waals surface area contributed by atoms with Crippen molar-refractivity contribution >= 4 is 32.3 Å². The molecule has 0 aromatic rings. The molecule has 2 atom stereocenters. The Hall–Kier alpha value is -0.402. The molecule has 5 heteroatoms. The van der Waals surface area contributed by atoms with E-state index in [1.165, 1.54) is 0 Å². The Morgan fingerprint density at radius 1 is 1.47 bits per heavy atom. The van der Waals surface area contributed by atoms with Crippen LogP contribution in [0, 0.1) is 0 Å². The van der Waals surface area contributed by atoms with Crippen LogP contribution < -0.4 is 0 Å². The van der Waals surface area contributed by atoms with Crippen molar-refractivity contribution in [2.75, 3.05) is 0 Å². The van der Waals surface area contributed by atoms with Crippen molar-refractivity contribution in [3.63, 3.8) is 0 Å². The van der Waals surface area contributed by atoms with Crippen LogP contribution in [0.2, 0.25) is 0 Å². The van der Waals surface area contributed by atoms with E-state index >= 15 is 0 Å². The standard InChI is InChI=1S/C10H15AsClNO2/c1-10(2,3)15-9(14)11-13-7-5-4-6-8(13)12/h4-8,11H,1-3H3. The molecule has 1 aliphatic rings. The number of hydrogen-bond donors (Lipinski definition) is 0. The zero-order chi connectivity index (χ0) is 11.5. The summed E-state index contributed by atoms with van der Waals surface area (Å²) in [6.07, 6.45) is 7.42. The molecule has 0 saturated carbocycles. The molecule has 0 amide bonds.